The number of urea groups is 1. The number of nitrogens with one attached hydrogen (secondary N) is 1. The number of carboxylic acids is 1. The van der Waals surface area contributed by atoms with Crippen molar-refractivity contribution in [1.82, 2.24) is 10.2 Å². The Morgan fingerprint density at radius 3 is 2.31 bits per heavy atom. The molecule has 16 heavy (non-hydrogen) atoms. The molecule has 0 spiro atoms. The zero-order valence-electron chi connectivity index (χ0n) is 10.3. The van der Waals surface area contributed by atoms with E-state index in [1.165, 1.54) is 4.90 Å². The summed E-state index contributed by atoms with van der Waals surface area (Å²) in [6.45, 7) is 9.22. The molecule has 0 radical (unpaired) electrons. The van der Waals surface area contributed by atoms with Crippen molar-refractivity contribution < 1.29 is 14.7 Å². The van der Waals surface area contributed by atoms with E-state index in [9.17, 15) is 9.59 Å². The van der Waals surface area contributed by atoms with E-state index in [1.54, 1.807) is 20.9 Å². The minimum atomic E-state index is -0.921. The van der Waals surface area contributed by atoms with Crippen molar-refractivity contribution in [2.45, 2.75) is 26.8 Å². The summed E-state index contributed by atoms with van der Waals surface area (Å²) in [5.74, 6) is -1.53. The van der Waals surface area contributed by atoms with Crippen LogP contribution < -0.4 is 5.32 Å². The van der Waals surface area contributed by atoms with Gasteiger partial charge in [0.25, 0.3) is 0 Å². The van der Waals surface area contributed by atoms with Crippen LogP contribution in [0.2, 0.25) is 0 Å². The Kier molecular flexibility index (Phi) is 5.56. The normalized spacial score (nSPS) is 13.8. The zero-order chi connectivity index (χ0) is 12.9. The van der Waals surface area contributed by atoms with E-state index in [2.05, 4.69) is 11.9 Å². The lowest BCUT2D eigenvalue weighted by molar-refractivity contribution is -0.141. The topological polar surface area (TPSA) is 69.6 Å². The second-order valence-corrected chi connectivity index (χ2v) is 4.18. The number of carbonyl (C=O) groups is 2. The van der Waals surface area contributed by atoms with Crippen molar-refractivity contribution in [1.29, 1.82) is 0 Å². The van der Waals surface area contributed by atoms with Gasteiger partial charge >= 0.3 is 12.0 Å². The molecule has 0 aliphatic rings. The molecule has 0 aliphatic heterocycles. The molecule has 2 unspecified atom stereocenters. The van der Waals surface area contributed by atoms with Crippen molar-refractivity contribution in [3.05, 3.63) is 12.2 Å². The second kappa shape index (κ2) is 6.15. The molecule has 0 fully saturated rings. The third-order valence-electron chi connectivity index (χ3n) is 2.34. The predicted octanol–water partition coefficient (Wildman–Crippen LogP) is 1.31. The lowest BCUT2D eigenvalue weighted by atomic mass is 10.0. The first-order chi connectivity index (χ1) is 7.25. The third kappa shape index (κ3) is 4.82. The zero-order valence-corrected chi connectivity index (χ0v) is 10.3. The fourth-order valence-corrected chi connectivity index (χ4v) is 1.12. The third-order valence-corrected chi connectivity index (χ3v) is 2.34. The molecule has 5 nitrogen and oxygen atoms in total. The van der Waals surface area contributed by atoms with E-state index in [-0.39, 0.29) is 6.03 Å². The minimum absolute atomic E-state index is 0.288. The largest absolute Gasteiger partial charge is 0.481 e. The van der Waals surface area contributed by atoms with Gasteiger partial charge in [-0.2, -0.15) is 0 Å². The number of amides is 2. The fourth-order valence-electron chi connectivity index (χ4n) is 1.12. The molecule has 0 aliphatic carbocycles. The second-order valence-electron chi connectivity index (χ2n) is 4.18. The van der Waals surface area contributed by atoms with Crippen molar-refractivity contribution >= 4 is 12.0 Å². The molecule has 0 aromatic heterocycles. The smallest absolute Gasteiger partial charge is 0.317 e. The van der Waals surface area contributed by atoms with Gasteiger partial charge in [0, 0.05) is 19.6 Å². The van der Waals surface area contributed by atoms with E-state index in [4.69, 9.17) is 5.11 Å². The molecule has 0 saturated carbocycles. The first kappa shape index (κ1) is 14.5. The van der Waals surface area contributed by atoms with Crippen molar-refractivity contribution in [2.24, 2.45) is 5.92 Å². The molecule has 0 bridgehead atoms. The van der Waals surface area contributed by atoms with Gasteiger partial charge in [0.05, 0.1) is 5.92 Å². The van der Waals surface area contributed by atoms with Crippen LogP contribution in [0.3, 0.4) is 0 Å². The van der Waals surface area contributed by atoms with E-state index in [0.29, 0.717) is 6.54 Å². The van der Waals surface area contributed by atoms with E-state index in [1.807, 2.05) is 6.92 Å². The summed E-state index contributed by atoms with van der Waals surface area (Å²) in [7, 11) is 1.64. The first-order valence-electron chi connectivity index (χ1n) is 5.14. The van der Waals surface area contributed by atoms with Crippen LogP contribution in [-0.4, -0.2) is 41.6 Å². The highest BCUT2D eigenvalue weighted by Crippen LogP contribution is 2.03. The highest BCUT2D eigenvalue weighted by molar-refractivity contribution is 5.76. The summed E-state index contributed by atoms with van der Waals surface area (Å²) in [6, 6.07) is -0.693. The quantitative estimate of drug-likeness (QED) is 0.697. The molecule has 0 rings (SSSR count). The van der Waals surface area contributed by atoms with E-state index < -0.39 is 17.9 Å². The van der Waals surface area contributed by atoms with E-state index in [0.717, 1.165) is 5.57 Å². The predicted molar refractivity (Wildman–Crippen MR) is 62.2 cm³/mol. The number of hydrogen-bond donors (Lipinski definition) is 2. The number of rotatable bonds is 5. The average Bonchev–Trinajstić information content (AvgIpc) is 2.14. The van der Waals surface area contributed by atoms with Gasteiger partial charge in [-0.05, 0) is 20.8 Å². The van der Waals surface area contributed by atoms with Gasteiger partial charge < -0.3 is 15.3 Å². The van der Waals surface area contributed by atoms with Gasteiger partial charge in [-0.15, -0.1) is 0 Å². The summed E-state index contributed by atoms with van der Waals surface area (Å²) in [5.41, 5.74) is 0.872. The summed E-state index contributed by atoms with van der Waals surface area (Å²) >= 11 is 0. The van der Waals surface area contributed by atoms with Crippen LogP contribution in [0.1, 0.15) is 20.8 Å². The molecule has 92 valence electrons. The Bertz CT molecular complexity index is 289. The van der Waals surface area contributed by atoms with Crippen LogP contribution in [0.25, 0.3) is 0 Å². The maximum absolute atomic E-state index is 11.6. The van der Waals surface area contributed by atoms with Crippen LogP contribution in [-0.2, 0) is 4.79 Å². The van der Waals surface area contributed by atoms with E-state index >= 15 is 0 Å². The summed E-state index contributed by atoms with van der Waals surface area (Å²) in [6.07, 6.45) is 0. The van der Waals surface area contributed by atoms with Gasteiger partial charge in [-0.3, -0.25) is 4.79 Å². The van der Waals surface area contributed by atoms with Gasteiger partial charge in [-0.25, -0.2) is 4.79 Å². The lowest BCUT2D eigenvalue weighted by Gasteiger charge is -2.23. The Morgan fingerprint density at radius 2 is 1.94 bits per heavy atom. The summed E-state index contributed by atoms with van der Waals surface area (Å²) in [5, 5.41) is 11.4. The number of hydrogen-bond acceptors (Lipinski definition) is 2. The van der Waals surface area contributed by atoms with Crippen LogP contribution in [0.5, 0.6) is 0 Å². The molecular weight excluding hydrogens is 208 g/mol. The SMILES string of the molecule is C=C(C)CN(C)C(=O)NC(C)C(C)C(=O)O. The number of aliphatic carboxylic acids is 1. The maximum Gasteiger partial charge on any atom is 0.317 e. The van der Waals surface area contributed by atoms with Crippen LogP contribution in [0, 0.1) is 5.92 Å². The summed E-state index contributed by atoms with van der Waals surface area (Å²) < 4.78 is 0. The summed E-state index contributed by atoms with van der Waals surface area (Å²) in [4.78, 5) is 23.8. The first-order valence-corrected chi connectivity index (χ1v) is 5.14. The average molecular weight is 228 g/mol. The van der Waals surface area contributed by atoms with Crippen LogP contribution in [0.15, 0.2) is 12.2 Å². The van der Waals surface area contributed by atoms with Gasteiger partial charge in [-0.1, -0.05) is 12.2 Å². The fraction of sp³-hybridized carbons (Fsp3) is 0.636. The highest BCUT2D eigenvalue weighted by Gasteiger charge is 2.22. The van der Waals surface area contributed by atoms with Crippen molar-refractivity contribution in [3.63, 3.8) is 0 Å². The molecule has 2 amide bonds. The monoisotopic (exact) mass is 228 g/mol. The Balaban J connectivity index is 4.23. The molecule has 0 aromatic rings. The number of carboxylic acid groups (broad SMARTS) is 1. The number of likely N-dealkylation sites (N-methyl/N-ethyl adjacent to an activating group) is 1. The van der Waals surface area contributed by atoms with Crippen LogP contribution in [0.4, 0.5) is 4.79 Å². The standard InChI is InChI=1S/C11H20N2O3/c1-7(2)6-13(5)11(16)12-9(4)8(3)10(14)15/h8-9H,1,6H2,2-5H3,(H,12,16)(H,14,15). The lowest BCUT2D eigenvalue weighted by Crippen LogP contribution is -2.46. The van der Waals surface area contributed by atoms with Crippen molar-refractivity contribution in [3.8, 4) is 0 Å². The molecule has 2 N–H and O–H groups in total. The molecule has 0 saturated heterocycles. The van der Waals surface area contributed by atoms with Gasteiger partial charge in [0.2, 0.25) is 0 Å². The van der Waals surface area contributed by atoms with Gasteiger partial charge in [0.1, 0.15) is 0 Å². The Hall–Kier alpha value is -1.52. The maximum atomic E-state index is 11.6. The molecular formula is C11H20N2O3. The van der Waals surface area contributed by atoms with Crippen LogP contribution >= 0.6 is 0 Å². The number of nitrogens with zero attached hydrogens (tertiary/aromatic N) is 1. The molecule has 0 aromatic carbocycles. The van der Waals surface area contributed by atoms with Crippen molar-refractivity contribution in [2.75, 3.05) is 13.6 Å². The Morgan fingerprint density at radius 1 is 1.44 bits per heavy atom. The molecule has 0 heterocycles. The number of carbonyl (C=O) groups excluding carboxylic acids is 1. The molecule has 2 atom stereocenters. The van der Waals surface area contributed by atoms with Gasteiger partial charge in [0.15, 0.2) is 0 Å². The Labute approximate surface area is 96.1 Å². The molecule has 5 heteroatoms. The minimum Gasteiger partial charge on any atom is -0.481 e. The highest BCUT2D eigenvalue weighted by atomic mass is 16.4.